The zero-order valence-corrected chi connectivity index (χ0v) is 20.5. The van der Waals surface area contributed by atoms with Gasteiger partial charge in [0.1, 0.15) is 11.3 Å². The third-order valence-electron chi connectivity index (χ3n) is 6.45. The predicted octanol–water partition coefficient (Wildman–Crippen LogP) is 5.73. The smallest absolute Gasteiger partial charge is 0.152 e. The van der Waals surface area contributed by atoms with Crippen molar-refractivity contribution in [1.82, 2.24) is 24.3 Å². The minimum atomic E-state index is -0.0961. The highest BCUT2D eigenvalue weighted by atomic mass is 35.5. The normalized spacial score (nSPS) is 15.8. The first kappa shape index (κ1) is 22.4. The van der Waals surface area contributed by atoms with Crippen molar-refractivity contribution >= 4 is 45.1 Å². The number of rotatable bonds is 4. The number of imidazole rings is 1. The Bertz CT molecular complexity index is 1320. The van der Waals surface area contributed by atoms with E-state index in [1.165, 1.54) is 0 Å². The molecule has 33 heavy (non-hydrogen) atoms. The number of likely N-dealkylation sites (tertiary alicyclic amines) is 1. The molecule has 1 N–H and O–H groups in total. The quantitative estimate of drug-likeness (QED) is 0.401. The summed E-state index contributed by atoms with van der Waals surface area (Å²) in [6.07, 6.45) is 4.05. The molecular weight excluding hydrogens is 457 g/mol. The number of piperidine rings is 1. The Morgan fingerprint density at radius 2 is 1.73 bits per heavy atom. The fraction of sp³-hybridized carbons (Fsp3) is 0.360. The molecule has 0 amide bonds. The SMILES string of the molecule is Cc1nc2cnc3ccc(-c4cc(Cl)c(O)c(Cl)c4)cc3c2n1C1CCN(CN(C)C)CC1. The molecule has 5 rings (SSSR count). The monoisotopic (exact) mass is 483 g/mol. The average molecular weight is 484 g/mol. The van der Waals surface area contributed by atoms with Gasteiger partial charge in [-0.3, -0.25) is 14.8 Å². The van der Waals surface area contributed by atoms with E-state index < -0.39 is 0 Å². The Hall–Kier alpha value is -2.38. The summed E-state index contributed by atoms with van der Waals surface area (Å²) in [5.41, 5.74) is 4.78. The minimum Gasteiger partial charge on any atom is -0.505 e. The first-order valence-electron chi connectivity index (χ1n) is 11.1. The van der Waals surface area contributed by atoms with Crippen LogP contribution in [0.1, 0.15) is 24.7 Å². The van der Waals surface area contributed by atoms with E-state index in [0.29, 0.717) is 6.04 Å². The highest BCUT2D eigenvalue weighted by Crippen LogP contribution is 2.38. The molecule has 3 heterocycles. The number of phenolic OH excluding ortho intramolecular Hbond substituents is 1. The van der Waals surface area contributed by atoms with Gasteiger partial charge in [-0.15, -0.1) is 0 Å². The average Bonchev–Trinajstić information content (AvgIpc) is 3.13. The fourth-order valence-electron chi connectivity index (χ4n) is 4.97. The molecule has 2 aromatic heterocycles. The molecule has 0 unspecified atom stereocenters. The second-order valence-electron chi connectivity index (χ2n) is 9.11. The van der Waals surface area contributed by atoms with E-state index in [9.17, 15) is 5.11 Å². The van der Waals surface area contributed by atoms with Crippen molar-refractivity contribution in [3.05, 3.63) is 52.4 Å². The number of hydrogen-bond acceptors (Lipinski definition) is 5. The number of halogens is 2. The molecule has 4 aromatic rings. The number of hydrogen-bond donors (Lipinski definition) is 1. The summed E-state index contributed by atoms with van der Waals surface area (Å²) in [5, 5.41) is 11.5. The van der Waals surface area contributed by atoms with E-state index in [1.807, 2.05) is 18.3 Å². The van der Waals surface area contributed by atoms with Crippen molar-refractivity contribution in [3.63, 3.8) is 0 Å². The van der Waals surface area contributed by atoms with E-state index in [4.69, 9.17) is 28.2 Å². The Balaban J connectivity index is 1.60. The van der Waals surface area contributed by atoms with Gasteiger partial charge in [-0.05, 0) is 69.3 Å². The Kier molecular flexibility index (Phi) is 5.95. The summed E-state index contributed by atoms with van der Waals surface area (Å²) >= 11 is 12.4. The van der Waals surface area contributed by atoms with Crippen LogP contribution in [0.25, 0.3) is 33.1 Å². The summed E-state index contributed by atoms with van der Waals surface area (Å²) in [5.74, 6) is 0.924. The summed E-state index contributed by atoms with van der Waals surface area (Å²) in [6.45, 7) is 5.22. The van der Waals surface area contributed by atoms with Gasteiger partial charge in [0.15, 0.2) is 5.75 Å². The molecule has 172 valence electrons. The highest BCUT2D eigenvalue weighted by Gasteiger charge is 2.25. The molecule has 0 atom stereocenters. The molecule has 1 aliphatic heterocycles. The molecular formula is C25H27Cl2N5O. The maximum Gasteiger partial charge on any atom is 0.152 e. The molecule has 1 aliphatic rings. The van der Waals surface area contributed by atoms with Crippen LogP contribution in [0.4, 0.5) is 0 Å². The van der Waals surface area contributed by atoms with Gasteiger partial charge >= 0.3 is 0 Å². The van der Waals surface area contributed by atoms with Crippen LogP contribution in [0.2, 0.25) is 10.0 Å². The topological polar surface area (TPSA) is 57.4 Å². The lowest BCUT2D eigenvalue weighted by Crippen LogP contribution is -2.40. The molecule has 2 aromatic carbocycles. The molecule has 0 bridgehead atoms. The summed E-state index contributed by atoms with van der Waals surface area (Å²) in [4.78, 5) is 14.2. The van der Waals surface area contributed by atoms with E-state index in [1.54, 1.807) is 12.1 Å². The summed E-state index contributed by atoms with van der Waals surface area (Å²) in [7, 11) is 4.23. The standard InChI is InChI=1S/C25H27Cl2N5O/c1-15-29-23-13-28-22-5-4-16(17-11-20(26)25(33)21(27)12-17)10-19(22)24(23)32(15)18-6-8-31(9-7-18)14-30(2)3/h4-5,10-13,18,33H,6-9,14H2,1-3H3. The molecule has 1 saturated heterocycles. The summed E-state index contributed by atoms with van der Waals surface area (Å²) in [6, 6.07) is 10.0. The second kappa shape index (κ2) is 8.76. The third-order valence-corrected chi connectivity index (χ3v) is 7.02. The minimum absolute atomic E-state index is 0.0961. The van der Waals surface area contributed by atoms with E-state index in [2.05, 4.69) is 46.4 Å². The van der Waals surface area contributed by atoms with Gasteiger partial charge in [-0.1, -0.05) is 29.3 Å². The number of aromatic nitrogens is 3. The molecule has 0 aliphatic carbocycles. The number of aromatic hydroxyl groups is 1. The number of nitrogens with zero attached hydrogens (tertiary/aromatic N) is 5. The highest BCUT2D eigenvalue weighted by molar-refractivity contribution is 6.37. The van der Waals surface area contributed by atoms with Crippen LogP contribution < -0.4 is 0 Å². The van der Waals surface area contributed by atoms with Gasteiger partial charge in [0.05, 0.1) is 33.9 Å². The predicted molar refractivity (Wildman–Crippen MR) is 135 cm³/mol. The number of benzene rings is 2. The Morgan fingerprint density at radius 1 is 1.03 bits per heavy atom. The maximum atomic E-state index is 9.95. The summed E-state index contributed by atoms with van der Waals surface area (Å²) < 4.78 is 2.41. The van der Waals surface area contributed by atoms with Crippen molar-refractivity contribution in [1.29, 1.82) is 0 Å². The lowest BCUT2D eigenvalue weighted by molar-refractivity contribution is 0.128. The first-order valence-corrected chi connectivity index (χ1v) is 11.9. The Labute approximate surface area is 203 Å². The second-order valence-corrected chi connectivity index (χ2v) is 9.93. The number of fused-ring (bicyclic) bond motifs is 3. The van der Waals surface area contributed by atoms with Gasteiger partial charge < -0.3 is 9.67 Å². The van der Waals surface area contributed by atoms with Crippen molar-refractivity contribution in [2.75, 3.05) is 33.9 Å². The van der Waals surface area contributed by atoms with E-state index in [-0.39, 0.29) is 15.8 Å². The van der Waals surface area contributed by atoms with Gasteiger partial charge in [0.2, 0.25) is 0 Å². The first-order chi connectivity index (χ1) is 15.8. The molecule has 0 radical (unpaired) electrons. The van der Waals surface area contributed by atoms with E-state index >= 15 is 0 Å². The number of phenols is 1. The van der Waals surface area contributed by atoms with E-state index in [0.717, 1.165) is 71.5 Å². The van der Waals surface area contributed by atoms with Crippen LogP contribution in [0.3, 0.4) is 0 Å². The van der Waals surface area contributed by atoms with Gasteiger partial charge in [-0.2, -0.15) is 0 Å². The van der Waals surface area contributed by atoms with Gasteiger partial charge in [0, 0.05) is 24.5 Å². The lowest BCUT2D eigenvalue weighted by Gasteiger charge is -2.34. The van der Waals surface area contributed by atoms with Gasteiger partial charge in [0.25, 0.3) is 0 Å². The fourth-order valence-corrected chi connectivity index (χ4v) is 5.46. The third kappa shape index (κ3) is 4.17. The number of pyridine rings is 1. The molecule has 0 spiro atoms. The van der Waals surface area contributed by atoms with Crippen LogP contribution in [0.15, 0.2) is 36.5 Å². The van der Waals surface area contributed by atoms with Crippen LogP contribution in [-0.4, -0.2) is 63.3 Å². The van der Waals surface area contributed by atoms with Crippen molar-refractivity contribution in [2.24, 2.45) is 0 Å². The zero-order chi connectivity index (χ0) is 23.3. The van der Waals surface area contributed by atoms with Crippen LogP contribution in [0.5, 0.6) is 5.75 Å². The van der Waals surface area contributed by atoms with Crippen LogP contribution in [0, 0.1) is 6.92 Å². The van der Waals surface area contributed by atoms with Gasteiger partial charge in [-0.25, -0.2) is 4.98 Å². The van der Waals surface area contributed by atoms with Crippen molar-refractivity contribution < 1.29 is 5.11 Å². The number of aryl methyl sites for hydroxylation is 1. The molecule has 0 saturated carbocycles. The van der Waals surface area contributed by atoms with Crippen molar-refractivity contribution in [2.45, 2.75) is 25.8 Å². The molecule has 6 nitrogen and oxygen atoms in total. The van der Waals surface area contributed by atoms with Crippen LogP contribution in [-0.2, 0) is 0 Å². The lowest BCUT2D eigenvalue weighted by atomic mass is 10.0. The molecule has 8 heteroatoms. The molecule has 1 fully saturated rings. The Morgan fingerprint density at radius 3 is 2.39 bits per heavy atom. The largest absolute Gasteiger partial charge is 0.505 e. The van der Waals surface area contributed by atoms with Crippen LogP contribution >= 0.6 is 23.2 Å². The zero-order valence-electron chi connectivity index (χ0n) is 19.0. The van der Waals surface area contributed by atoms with Crippen molar-refractivity contribution in [3.8, 4) is 16.9 Å². The maximum absolute atomic E-state index is 9.95.